The van der Waals surface area contributed by atoms with Crippen molar-refractivity contribution in [2.45, 2.75) is 37.8 Å². The third kappa shape index (κ3) is 3.56. The van der Waals surface area contributed by atoms with Gasteiger partial charge in [0, 0.05) is 41.8 Å². The Hall–Kier alpha value is -2.25. The summed E-state index contributed by atoms with van der Waals surface area (Å²) in [7, 11) is 7.88. The average Bonchev–Trinajstić information content (AvgIpc) is 3.06. The van der Waals surface area contributed by atoms with Gasteiger partial charge in [0.05, 0.1) is 5.39 Å². The maximum absolute atomic E-state index is 12.4. The summed E-state index contributed by atoms with van der Waals surface area (Å²) in [6.45, 7) is 0. The lowest BCUT2D eigenvalue weighted by molar-refractivity contribution is 0.0828. The normalized spacial score (nSPS) is 20.0. The number of nitrogens with zero attached hydrogens (tertiary/aromatic N) is 4. The van der Waals surface area contributed by atoms with Crippen molar-refractivity contribution in [3.8, 4) is 0 Å². The highest BCUT2D eigenvalue weighted by atomic mass is 32.1. The molecule has 2 heterocycles. The molecule has 1 saturated carbocycles. The van der Waals surface area contributed by atoms with Gasteiger partial charge in [-0.3, -0.25) is 4.79 Å². The van der Waals surface area contributed by atoms with Gasteiger partial charge in [-0.1, -0.05) is 0 Å². The van der Waals surface area contributed by atoms with Crippen LogP contribution in [0.25, 0.3) is 20.3 Å². The molecule has 0 radical (unpaired) electrons. The Morgan fingerprint density at radius 2 is 1.86 bits per heavy atom. The maximum atomic E-state index is 12.4. The van der Waals surface area contributed by atoms with E-state index in [4.69, 9.17) is 0 Å². The fraction of sp³-hybridized carbons (Fsp3) is 0.476. The largest absolute Gasteiger partial charge is 0.367 e. The molecular formula is C21H27N5OS. The van der Waals surface area contributed by atoms with Gasteiger partial charge in [0.15, 0.2) is 0 Å². The number of fused-ring (bicyclic) bond motifs is 3. The van der Waals surface area contributed by atoms with E-state index in [0.29, 0.717) is 17.6 Å². The van der Waals surface area contributed by atoms with Crippen molar-refractivity contribution in [2.75, 3.05) is 33.5 Å². The van der Waals surface area contributed by atoms with Gasteiger partial charge < -0.3 is 15.1 Å². The van der Waals surface area contributed by atoms with Crippen LogP contribution in [0.15, 0.2) is 24.5 Å². The summed E-state index contributed by atoms with van der Waals surface area (Å²) in [4.78, 5) is 26.4. The molecule has 1 aromatic carbocycles. The zero-order chi connectivity index (χ0) is 19.8. The van der Waals surface area contributed by atoms with Gasteiger partial charge >= 0.3 is 0 Å². The maximum Gasteiger partial charge on any atom is 0.253 e. The zero-order valence-electron chi connectivity index (χ0n) is 16.9. The Bertz CT molecular complexity index is 1000. The standard InChI is InChI=1S/C21H27N5OS/c1-25(2)15-8-6-14(7-9-15)24-19-18-16-11-13(21(27)26(3)4)5-10-17(16)28-20(18)23-12-22-19/h5,10-12,14-15H,6-9H2,1-4H3,(H,22,23,24)/t14-,15-. The predicted octanol–water partition coefficient (Wildman–Crippen LogP) is 3.83. The first-order chi connectivity index (χ1) is 13.4. The van der Waals surface area contributed by atoms with Gasteiger partial charge in [-0.15, -0.1) is 11.3 Å². The summed E-state index contributed by atoms with van der Waals surface area (Å²) in [6, 6.07) is 6.99. The predicted molar refractivity (Wildman–Crippen MR) is 116 cm³/mol. The van der Waals surface area contributed by atoms with Crippen molar-refractivity contribution >= 4 is 43.4 Å². The van der Waals surface area contributed by atoms with Crippen molar-refractivity contribution < 1.29 is 4.79 Å². The highest BCUT2D eigenvalue weighted by molar-refractivity contribution is 7.25. The molecule has 148 valence electrons. The number of amides is 1. The number of thiophene rings is 1. The monoisotopic (exact) mass is 397 g/mol. The lowest BCUT2D eigenvalue weighted by atomic mass is 9.90. The van der Waals surface area contributed by atoms with E-state index in [1.165, 1.54) is 12.8 Å². The second-order valence-electron chi connectivity index (χ2n) is 8.03. The van der Waals surface area contributed by atoms with Crippen LogP contribution in [-0.4, -0.2) is 65.9 Å². The number of carbonyl (C=O) groups excluding carboxylic acids is 1. The van der Waals surface area contributed by atoms with E-state index in [9.17, 15) is 4.79 Å². The van der Waals surface area contributed by atoms with Crippen LogP contribution < -0.4 is 5.32 Å². The van der Waals surface area contributed by atoms with Gasteiger partial charge in [0.25, 0.3) is 5.91 Å². The first-order valence-electron chi connectivity index (χ1n) is 9.76. The number of aromatic nitrogens is 2. The number of hydrogen-bond acceptors (Lipinski definition) is 6. The fourth-order valence-electron chi connectivity index (χ4n) is 4.04. The summed E-state index contributed by atoms with van der Waals surface area (Å²) >= 11 is 1.65. The first kappa shape index (κ1) is 19.1. The van der Waals surface area contributed by atoms with Crippen molar-refractivity contribution in [3.05, 3.63) is 30.1 Å². The lowest BCUT2D eigenvalue weighted by Gasteiger charge is -2.33. The highest BCUT2D eigenvalue weighted by Crippen LogP contribution is 2.37. The van der Waals surface area contributed by atoms with Gasteiger partial charge in [-0.05, 0) is 58.0 Å². The number of nitrogens with one attached hydrogen (secondary N) is 1. The molecule has 0 bridgehead atoms. The lowest BCUT2D eigenvalue weighted by Crippen LogP contribution is -2.36. The van der Waals surface area contributed by atoms with Crippen LogP contribution >= 0.6 is 11.3 Å². The molecule has 1 N–H and O–H groups in total. The fourth-order valence-corrected chi connectivity index (χ4v) is 5.06. The molecule has 6 nitrogen and oxygen atoms in total. The molecule has 0 spiro atoms. The molecule has 0 atom stereocenters. The molecule has 1 fully saturated rings. The Labute approximate surface area is 169 Å². The zero-order valence-corrected chi connectivity index (χ0v) is 17.7. The minimum Gasteiger partial charge on any atom is -0.367 e. The van der Waals surface area contributed by atoms with Gasteiger partial charge in [0.2, 0.25) is 0 Å². The molecule has 1 aliphatic carbocycles. The minimum atomic E-state index is 0.00890. The van der Waals surface area contributed by atoms with Crippen LogP contribution in [0.2, 0.25) is 0 Å². The number of rotatable bonds is 4. The molecular weight excluding hydrogens is 370 g/mol. The Balaban J connectivity index is 1.68. The van der Waals surface area contributed by atoms with Crippen LogP contribution in [0.5, 0.6) is 0 Å². The smallest absolute Gasteiger partial charge is 0.253 e. The van der Waals surface area contributed by atoms with Crippen molar-refractivity contribution in [1.29, 1.82) is 0 Å². The van der Waals surface area contributed by atoms with E-state index in [0.717, 1.165) is 39.0 Å². The van der Waals surface area contributed by atoms with Crippen LogP contribution in [0.3, 0.4) is 0 Å². The van der Waals surface area contributed by atoms with E-state index >= 15 is 0 Å². The third-order valence-corrected chi connectivity index (χ3v) is 6.77. The molecule has 3 aromatic rings. The molecule has 4 rings (SSSR count). The molecule has 7 heteroatoms. The Kier molecular flexibility index (Phi) is 5.21. The molecule has 28 heavy (non-hydrogen) atoms. The number of carbonyl (C=O) groups is 1. The van der Waals surface area contributed by atoms with E-state index in [1.807, 2.05) is 18.2 Å². The minimum absolute atomic E-state index is 0.00890. The van der Waals surface area contributed by atoms with E-state index in [-0.39, 0.29) is 5.91 Å². The second kappa shape index (κ2) is 7.64. The SMILES string of the molecule is CN(C)C(=O)c1ccc2sc3ncnc(N[C@H]4CC[C@H](N(C)C)CC4)c3c2c1. The quantitative estimate of drug-likeness (QED) is 0.725. The van der Waals surface area contributed by atoms with Crippen LogP contribution in [0.4, 0.5) is 5.82 Å². The van der Waals surface area contributed by atoms with E-state index < -0.39 is 0 Å². The van der Waals surface area contributed by atoms with Crippen molar-refractivity contribution in [3.63, 3.8) is 0 Å². The molecule has 1 aliphatic rings. The third-order valence-electron chi connectivity index (χ3n) is 5.69. The summed E-state index contributed by atoms with van der Waals surface area (Å²) in [5, 5.41) is 5.76. The Morgan fingerprint density at radius 3 is 2.54 bits per heavy atom. The van der Waals surface area contributed by atoms with Crippen molar-refractivity contribution in [2.24, 2.45) is 0 Å². The van der Waals surface area contributed by atoms with Crippen LogP contribution in [-0.2, 0) is 0 Å². The van der Waals surface area contributed by atoms with Gasteiger partial charge in [0.1, 0.15) is 17.0 Å². The first-order valence-corrected chi connectivity index (χ1v) is 10.6. The number of benzene rings is 1. The summed E-state index contributed by atoms with van der Waals surface area (Å²) in [5.74, 6) is 0.897. The van der Waals surface area contributed by atoms with E-state index in [1.54, 1.807) is 36.7 Å². The summed E-state index contributed by atoms with van der Waals surface area (Å²) in [5.41, 5.74) is 0.693. The van der Waals surface area contributed by atoms with Gasteiger partial charge in [-0.25, -0.2) is 9.97 Å². The van der Waals surface area contributed by atoms with Gasteiger partial charge in [-0.2, -0.15) is 0 Å². The average molecular weight is 398 g/mol. The summed E-state index contributed by atoms with van der Waals surface area (Å²) < 4.78 is 1.13. The number of hydrogen-bond donors (Lipinski definition) is 1. The van der Waals surface area contributed by atoms with E-state index in [2.05, 4.69) is 34.3 Å². The van der Waals surface area contributed by atoms with Crippen LogP contribution in [0, 0.1) is 0 Å². The highest BCUT2D eigenvalue weighted by Gasteiger charge is 2.24. The van der Waals surface area contributed by atoms with Crippen LogP contribution in [0.1, 0.15) is 36.0 Å². The second-order valence-corrected chi connectivity index (χ2v) is 9.06. The molecule has 0 aliphatic heterocycles. The molecule has 2 aromatic heterocycles. The number of anilines is 1. The molecule has 1 amide bonds. The molecule has 0 saturated heterocycles. The topological polar surface area (TPSA) is 61.4 Å². The Morgan fingerprint density at radius 1 is 1.11 bits per heavy atom. The summed E-state index contributed by atoms with van der Waals surface area (Å²) in [6.07, 6.45) is 6.31. The molecule has 0 unspecified atom stereocenters. The van der Waals surface area contributed by atoms with Crippen molar-refractivity contribution in [1.82, 2.24) is 19.8 Å².